The summed E-state index contributed by atoms with van der Waals surface area (Å²) in [5.74, 6) is -1.81. The Balaban J connectivity index is 1.52. The number of halogens is 1. The zero-order chi connectivity index (χ0) is 27.5. The van der Waals surface area contributed by atoms with Gasteiger partial charge in [-0.1, -0.05) is 64.7 Å². The number of carboxylic acids is 1. The van der Waals surface area contributed by atoms with Crippen LogP contribution < -0.4 is 10.3 Å². The molecule has 212 valence electrons. The van der Waals surface area contributed by atoms with Gasteiger partial charge in [-0.05, 0) is 32.5 Å². The molecular weight excluding hydrogens is 485 g/mol. The number of fused-ring (bicyclic) bond motifs is 1. The molecule has 0 saturated carbocycles. The van der Waals surface area contributed by atoms with Gasteiger partial charge in [-0.25, -0.2) is 9.18 Å². The number of unbranched alkanes of at least 4 members (excludes halogenated alkanes) is 9. The molecule has 0 bridgehead atoms. The number of benzene rings is 1. The molecule has 1 unspecified atom stereocenters. The molecular formula is C30H46FN3O4. The first kappa shape index (κ1) is 30.1. The van der Waals surface area contributed by atoms with Gasteiger partial charge < -0.3 is 19.3 Å². The average Bonchev–Trinajstić information content (AvgIpc) is 2.90. The fraction of sp³-hybridized carbons (Fsp3) is 0.667. The number of nitrogens with zero attached hydrogens (tertiary/aromatic N) is 3. The normalized spacial score (nSPS) is 16.4. The van der Waals surface area contributed by atoms with Crippen LogP contribution in [0.5, 0.6) is 0 Å². The summed E-state index contributed by atoms with van der Waals surface area (Å²) in [6.07, 6.45) is 14.3. The van der Waals surface area contributed by atoms with Crippen LogP contribution in [-0.4, -0.2) is 66.5 Å². The molecule has 1 aliphatic rings. The summed E-state index contributed by atoms with van der Waals surface area (Å²) in [4.78, 5) is 28.4. The molecule has 7 nitrogen and oxygen atoms in total. The lowest BCUT2D eigenvalue weighted by Gasteiger charge is -2.40. The maximum atomic E-state index is 15.3. The second-order valence-electron chi connectivity index (χ2n) is 10.6. The van der Waals surface area contributed by atoms with E-state index in [0.717, 1.165) is 19.6 Å². The number of hydrogen-bond donors (Lipinski definition) is 1. The van der Waals surface area contributed by atoms with E-state index >= 15 is 4.39 Å². The van der Waals surface area contributed by atoms with Crippen LogP contribution in [-0.2, 0) is 11.3 Å². The molecule has 2 heterocycles. The topological polar surface area (TPSA) is 75.0 Å². The van der Waals surface area contributed by atoms with Crippen molar-refractivity contribution in [3.05, 3.63) is 39.9 Å². The molecule has 8 heteroatoms. The van der Waals surface area contributed by atoms with E-state index in [2.05, 4.69) is 18.9 Å². The Morgan fingerprint density at radius 2 is 1.68 bits per heavy atom. The number of carbonyl (C=O) groups is 1. The monoisotopic (exact) mass is 531 g/mol. The van der Waals surface area contributed by atoms with Crippen LogP contribution in [0.25, 0.3) is 10.9 Å². The predicted octanol–water partition coefficient (Wildman–Crippen LogP) is 5.92. The number of aromatic nitrogens is 1. The Hall–Kier alpha value is -2.45. The van der Waals surface area contributed by atoms with Crippen molar-refractivity contribution >= 4 is 22.6 Å². The molecule has 1 aromatic heterocycles. The minimum absolute atomic E-state index is 0.0958. The van der Waals surface area contributed by atoms with Crippen LogP contribution in [0.1, 0.15) is 88.4 Å². The van der Waals surface area contributed by atoms with Gasteiger partial charge in [-0.15, -0.1) is 0 Å². The van der Waals surface area contributed by atoms with E-state index in [-0.39, 0.29) is 17.0 Å². The van der Waals surface area contributed by atoms with Crippen LogP contribution in [0.3, 0.4) is 0 Å². The maximum absolute atomic E-state index is 15.3. The standard InChI is InChI=1S/C30H46FN3O4/c1-4-6-7-8-9-10-11-12-13-14-17-38-22-23-20-34(16-15-32(23)3)28-19-27-24(18-26(28)31)29(35)25(30(36)37)21-33(27)5-2/h18-19,21,23H,4-17,20,22H2,1-3H3,(H,36,37). The molecule has 3 rings (SSSR count). The predicted molar refractivity (Wildman–Crippen MR) is 152 cm³/mol. The molecule has 1 aromatic carbocycles. The van der Waals surface area contributed by atoms with Gasteiger partial charge in [0.25, 0.3) is 0 Å². The fourth-order valence-electron chi connectivity index (χ4n) is 5.31. The number of ether oxygens (including phenoxy) is 1. The summed E-state index contributed by atoms with van der Waals surface area (Å²) in [7, 11) is 2.07. The molecule has 1 aliphatic heterocycles. The zero-order valence-electron chi connectivity index (χ0n) is 23.5. The summed E-state index contributed by atoms with van der Waals surface area (Å²) in [6.45, 7) is 8.01. The van der Waals surface area contributed by atoms with Crippen LogP contribution in [0, 0.1) is 5.82 Å². The Kier molecular flexibility index (Phi) is 12.1. The third kappa shape index (κ3) is 8.03. The van der Waals surface area contributed by atoms with Crippen molar-refractivity contribution in [2.24, 2.45) is 0 Å². The van der Waals surface area contributed by atoms with Crippen LogP contribution >= 0.6 is 0 Å². The molecule has 38 heavy (non-hydrogen) atoms. The zero-order valence-corrected chi connectivity index (χ0v) is 23.5. The smallest absolute Gasteiger partial charge is 0.341 e. The van der Waals surface area contributed by atoms with E-state index in [9.17, 15) is 14.7 Å². The largest absolute Gasteiger partial charge is 0.477 e. The first-order valence-electron chi connectivity index (χ1n) is 14.5. The molecule has 0 amide bonds. The van der Waals surface area contributed by atoms with E-state index in [1.54, 1.807) is 10.6 Å². The fourth-order valence-corrected chi connectivity index (χ4v) is 5.31. The number of aryl methyl sites for hydroxylation is 1. The van der Waals surface area contributed by atoms with Gasteiger partial charge in [0.15, 0.2) is 0 Å². The number of hydrogen-bond acceptors (Lipinski definition) is 5. The van der Waals surface area contributed by atoms with Crippen molar-refractivity contribution < 1.29 is 19.0 Å². The van der Waals surface area contributed by atoms with Crippen LogP contribution in [0.2, 0.25) is 0 Å². The highest BCUT2D eigenvalue weighted by atomic mass is 19.1. The van der Waals surface area contributed by atoms with Gasteiger partial charge in [0, 0.05) is 44.4 Å². The highest BCUT2D eigenvalue weighted by Gasteiger charge is 2.27. The second kappa shape index (κ2) is 15.2. The van der Waals surface area contributed by atoms with Crippen LogP contribution in [0.4, 0.5) is 10.1 Å². The molecule has 1 fully saturated rings. The summed E-state index contributed by atoms with van der Waals surface area (Å²) < 4.78 is 23.0. The van der Waals surface area contributed by atoms with Gasteiger partial charge in [-0.2, -0.15) is 0 Å². The van der Waals surface area contributed by atoms with Crippen molar-refractivity contribution in [1.82, 2.24) is 9.47 Å². The van der Waals surface area contributed by atoms with Gasteiger partial charge in [-0.3, -0.25) is 9.69 Å². The highest BCUT2D eigenvalue weighted by Crippen LogP contribution is 2.27. The Morgan fingerprint density at radius 1 is 1.03 bits per heavy atom. The molecule has 1 saturated heterocycles. The Bertz CT molecular complexity index is 1100. The first-order chi connectivity index (χ1) is 18.4. The summed E-state index contributed by atoms with van der Waals surface area (Å²) in [6, 6.07) is 3.03. The van der Waals surface area contributed by atoms with Gasteiger partial charge in [0.1, 0.15) is 11.4 Å². The number of anilines is 1. The number of likely N-dealkylation sites (N-methyl/N-ethyl adjacent to an activating group) is 1. The molecule has 1 atom stereocenters. The van der Waals surface area contributed by atoms with Crippen LogP contribution in [0.15, 0.2) is 23.1 Å². The summed E-state index contributed by atoms with van der Waals surface area (Å²) >= 11 is 0. The molecule has 2 aromatic rings. The molecule has 0 aliphatic carbocycles. The lowest BCUT2D eigenvalue weighted by atomic mass is 10.1. The van der Waals surface area contributed by atoms with Crippen molar-refractivity contribution in [3.63, 3.8) is 0 Å². The van der Waals surface area contributed by atoms with E-state index in [1.807, 2.05) is 11.8 Å². The second-order valence-corrected chi connectivity index (χ2v) is 10.6. The highest BCUT2D eigenvalue weighted by molar-refractivity contribution is 5.93. The lowest BCUT2D eigenvalue weighted by Crippen LogP contribution is -2.53. The minimum Gasteiger partial charge on any atom is -0.477 e. The molecule has 0 spiro atoms. The molecule has 0 radical (unpaired) electrons. The van der Waals surface area contributed by atoms with Gasteiger partial charge in [0.05, 0.1) is 23.9 Å². The summed E-state index contributed by atoms with van der Waals surface area (Å²) in [5.41, 5.74) is -0.00782. The van der Waals surface area contributed by atoms with E-state index in [0.29, 0.717) is 37.4 Å². The van der Waals surface area contributed by atoms with E-state index < -0.39 is 17.2 Å². The van der Waals surface area contributed by atoms with E-state index in [1.165, 1.54) is 70.1 Å². The SMILES string of the molecule is CCCCCCCCCCCCOCC1CN(c2cc3c(cc2F)c(=O)c(C(=O)O)cn3CC)CCN1C. The Labute approximate surface area is 226 Å². The average molecular weight is 532 g/mol. The summed E-state index contributed by atoms with van der Waals surface area (Å²) in [5, 5.41) is 9.48. The van der Waals surface area contributed by atoms with Crippen molar-refractivity contribution in [3.8, 4) is 0 Å². The third-order valence-corrected chi connectivity index (χ3v) is 7.79. The Morgan fingerprint density at radius 3 is 2.32 bits per heavy atom. The van der Waals surface area contributed by atoms with E-state index in [4.69, 9.17) is 4.74 Å². The maximum Gasteiger partial charge on any atom is 0.341 e. The number of aromatic carboxylic acids is 1. The number of piperazine rings is 1. The van der Waals surface area contributed by atoms with Crippen molar-refractivity contribution in [1.29, 1.82) is 0 Å². The minimum atomic E-state index is -1.30. The van der Waals surface area contributed by atoms with Gasteiger partial charge in [0.2, 0.25) is 5.43 Å². The first-order valence-corrected chi connectivity index (χ1v) is 14.5. The number of rotatable bonds is 16. The number of carboxylic acid groups (broad SMARTS) is 1. The number of pyridine rings is 1. The lowest BCUT2D eigenvalue weighted by molar-refractivity contribution is 0.0628. The van der Waals surface area contributed by atoms with Crippen molar-refractivity contribution in [2.75, 3.05) is 44.8 Å². The van der Waals surface area contributed by atoms with Crippen molar-refractivity contribution in [2.45, 2.75) is 90.6 Å². The quantitative estimate of drug-likeness (QED) is 0.271. The third-order valence-electron chi connectivity index (χ3n) is 7.79. The van der Waals surface area contributed by atoms with Gasteiger partial charge >= 0.3 is 5.97 Å². The molecule has 1 N–H and O–H groups in total.